The highest BCUT2D eigenvalue weighted by atomic mass is 79.9. The lowest BCUT2D eigenvalue weighted by molar-refractivity contribution is 0.185. The summed E-state index contributed by atoms with van der Waals surface area (Å²) in [6, 6.07) is 9.80. The van der Waals surface area contributed by atoms with Crippen molar-refractivity contribution in [3.05, 3.63) is 63.6 Å². The summed E-state index contributed by atoms with van der Waals surface area (Å²) in [5, 5.41) is 3.11. The van der Waals surface area contributed by atoms with Crippen LogP contribution in [-0.2, 0) is 17.9 Å². The Hall–Kier alpha value is -1.46. The number of benzene rings is 2. The van der Waals surface area contributed by atoms with Gasteiger partial charge in [0.15, 0.2) is 11.6 Å². The highest BCUT2D eigenvalue weighted by Crippen LogP contribution is 2.26. The van der Waals surface area contributed by atoms with Crippen molar-refractivity contribution in [3.8, 4) is 0 Å². The van der Waals surface area contributed by atoms with E-state index in [1.807, 2.05) is 18.2 Å². The lowest BCUT2D eigenvalue weighted by Gasteiger charge is -2.13. The molecule has 0 aliphatic rings. The maximum atomic E-state index is 13.6. The molecule has 0 amide bonds. The Labute approximate surface area is 124 Å². The van der Waals surface area contributed by atoms with Crippen LogP contribution >= 0.6 is 15.9 Å². The third-order valence-electron chi connectivity index (χ3n) is 2.91. The zero-order valence-corrected chi connectivity index (χ0v) is 12.5. The van der Waals surface area contributed by atoms with Crippen molar-refractivity contribution in [1.29, 1.82) is 0 Å². The summed E-state index contributed by atoms with van der Waals surface area (Å²) in [5.41, 5.74) is 2.05. The third kappa shape index (κ3) is 3.35. The maximum absolute atomic E-state index is 13.6. The standard InChI is InChI=1S/C15H14BrF2NO/c1-20-9-11-12(16)5-3-7-14(11)19-8-10-4-2-6-13(17)15(10)18/h2-7,19H,8-9H2,1H3. The van der Waals surface area contributed by atoms with Gasteiger partial charge in [0.25, 0.3) is 0 Å². The van der Waals surface area contributed by atoms with Crippen LogP contribution in [0.2, 0.25) is 0 Å². The van der Waals surface area contributed by atoms with Crippen molar-refractivity contribution in [1.82, 2.24) is 0 Å². The summed E-state index contributed by atoms with van der Waals surface area (Å²) in [4.78, 5) is 0. The molecule has 20 heavy (non-hydrogen) atoms. The monoisotopic (exact) mass is 341 g/mol. The molecule has 0 bridgehead atoms. The number of hydrogen-bond acceptors (Lipinski definition) is 2. The second-order valence-electron chi connectivity index (χ2n) is 4.27. The van der Waals surface area contributed by atoms with Crippen LogP contribution in [0.25, 0.3) is 0 Å². The summed E-state index contributed by atoms with van der Waals surface area (Å²) in [5.74, 6) is -1.65. The fraction of sp³-hybridized carbons (Fsp3) is 0.200. The number of nitrogens with one attached hydrogen (secondary N) is 1. The van der Waals surface area contributed by atoms with Gasteiger partial charge < -0.3 is 10.1 Å². The Bertz CT molecular complexity index is 604. The zero-order chi connectivity index (χ0) is 14.5. The van der Waals surface area contributed by atoms with Gasteiger partial charge in [-0.05, 0) is 18.2 Å². The zero-order valence-electron chi connectivity index (χ0n) is 10.9. The molecule has 2 aromatic rings. The summed E-state index contributed by atoms with van der Waals surface area (Å²) in [6.45, 7) is 0.631. The number of ether oxygens (including phenoxy) is 1. The normalized spacial score (nSPS) is 10.6. The fourth-order valence-corrected chi connectivity index (χ4v) is 2.37. The molecule has 0 spiro atoms. The summed E-state index contributed by atoms with van der Waals surface area (Å²) in [7, 11) is 1.61. The maximum Gasteiger partial charge on any atom is 0.163 e. The van der Waals surface area contributed by atoms with Gasteiger partial charge in [-0.1, -0.05) is 34.1 Å². The summed E-state index contributed by atoms with van der Waals surface area (Å²) in [6.07, 6.45) is 0. The number of anilines is 1. The van der Waals surface area contributed by atoms with E-state index in [0.717, 1.165) is 21.8 Å². The molecule has 0 heterocycles. The van der Waals surface area contributed by atoms with Crippen molar-refractivity contribution >= 4 is 21.6 Å². The van der Waals surface area contributed by atoms with Crippen LogP contribution < -0.4 is 5.32 Å². The molecular formula is C15H14BrF2NO. The molecule has 0 atom stereocenters. The average molecular weight is 342 g/mol. The molecular weight excluding hydrogens is 328 g/mol. The van der Waals surface area contributed by atoms with Gasteiger partial charge in [-0.3, -0.25) is 0 Å². The van der Waals surface area contributed by atoms with Crippen molar-refractivity contribution in [2.24, 2.45) is 0 Å². The first-order valence-electron chi connectivity index (χ1n) is 6.06. The highest BCUT2D eigenvalue weighted by molar-refractivity contribution is 9.10. The van der Waals surface area contributed by atoms with Crippen molar-refractivity contribution in [3.63, 3.8) is 0 Å². The molecule has 0 unspecified atom stereocenters. The molecule has 1 N–H and O–H groups in total. The number of rotatable bonds is 5. The van der Waals surface area contributed by atoms with Crippen LogP contribution in [0.4, 0.5) is 14.5 Å². The van der Waals surface area contributed by atoms with E-state index in [1.165, 1.54) is 6.07 Å². The predicted octanol–water partition coefficient (Wildman–Crippen LogP) is 4.49. The van der Waals surface area contributed by atoms with Gasteiger partial charge in [-0.2, -0.15) is 0 Å². The Balaban J connectivity index is 2.19. The quantitative estimate of drug-likeness (QED) is 0.865. The van der Waals surface area contributed by atoms with E-state index in [9.17, 15) is 8.78 Å². The smallest absolute Gasteiger partial charge is 0.163 e. The molecule has 0 fully saturated rings. The number of halogens is 3. The van der Waals surface area contributed by atoms with Crippen molar-refractivity contribution < 1.29 is 13.5 Å². The Morgan fingerprint density at radius 2 is 1.90 bits per heavy atom. The van der Waals surface area contributed by atoms with Crippen molar-refractivity contribution in [2.45, 2.75) is 13.2 Å². The van der Waals surface area contributed by atoms with E-state index in [4.69, 9.17) is 4.74 Å². The van der Waals surface area contributed by atoms with Gasteiger partial charge in [0.05, 0.1) is 6.61 Å². The second-order valence-corrected chi connectivity index (χ2v) is 5.12. The van der Waals surface area contributed by atoms with Gasteiger partial charge in [-0.15, -0.1) is 0 Å². The van der Waals surface area contributed by atoms with E-state index >= 15 is 0 Å². The highest BCUT2D eigenvalue weighted by Gasteiger charge is 2.09. The van der Waals surface area contributed by atoms with Crippen LogP contribution in [0.5, 0.6) is 0 Å². The molecule has 2 rings (SSSR count). The lowest BCUT2D eigenvalue weighted by atomic mass is 10.1. The SMILES string of the molecule is COCc1c(Br)cccc1NCc1cccc(F)c1F. The largest absolute Gasteiger partial charge is 0.381 e. The van der Waals surface area contributed by atoms with E-state index in [0.29, 0.717) is 6.61 Å². The first-order valence-corrected chi connectivity index (χ1v) is 6.86. The van der Waals surface area contributed by atoms with Gasteiger partial charge >= 0.3 is 0 Å². The van der Waals surface area contributed by atoms with Crippen LogP contribution in [0.1, 0.15) is 11.1 Å². The van der Waals surface area contributed by atoms with E-state index in [1.54, 1.807) is 13.2 Å². The van der Waals surface area contributed by atoms with Gasteiger partial charge in [0.2, 0.25) is 0 Å². The predicted molar refractivity (Wildman–Crippen MR) is 78.5 cm³/mol. The topological polar surface area (TPSA) is 21.3 Å². The minimum absolute atomic E-state index is 0.205. The average Bonchev–Trinajstić information content (AvgIpc) is 2.44. The van der Waals surface area contributed by atoms with Gasteiger partial charge in [-0.25, -0.2) is 8.78 Å². The van der Waals surface area contributed by atoms with Gasteiger partial charge in [0.1, 0.15) is 0 Å². The molecule has 0 aliphatic carbocycles. The minimum atomic E-state index is -0.837. The first-order chi connectivity index (χ1) is 9.63. The van der Waals surface area contributed by atoms with E-state index in [2.05, 4.69) is 21.2 Å². The molecule has 0 aromatic heterocycles. The molecule has 0 radical (unpaired) electrons. The summed E-state index contributed by atoms with van der Waals surface area (Å²) >= 11 is 3.45. The van der Waals surface area contributed by atoms with Crippen LogP contribution in [0.15, 0.2) is 40.9 Å². The van der Waals surface area contributed by atoms with Crippen LogP contribution in [-0.4, -0.2) is 7.11 Å². The van der Waals surface area contributed by atoms with Gasteiger partial charge in [0, 0.05) is 34.9 Å². The first kappa shape index (κ1) is 14.9. The van der Waals surface area contributed by atoms with E-state index in [-0.39, 0.29) is 12.1 Å². The second kappa shape index (κ2) is 6.81. The summed E-state index contributed by atoms with van der Waals surface area (Å²) < 4.78 is 32.8. The number of methoxy groups -OCH3 is 1. The lowest BCUT2D eigenvalue weighted by Crippen LogP contribution is -2.06. The van der Waals surface area contributed by atoms with Crippen molar-refractivity contribution in [2.75, 3.05) is 12.4 Å². The molecule has 2 aromatic carbocycles. The number of hydrogen-bond donors (Lipinski definition) is 1. The molecule has 0 saturated carbocycles. The molecule has 0 aliphatic heterocycles. The Morgan fingerprint density at radius 3 is 2.65 bits per heavy atom. The minimum Gasteiger partial charge on any atom is -0.381 e. The third-order valence-corrected chi connectivity index (χ3v) is 3.65. The molecule has 106 valence electrons. The van der Waals surface area contributed by atoms with E-state index < -0.39 is 11.6 Å². The van der Waals surface area contributed by atoms with Crippen LogP contribution in [0.3, 0.4) is 0 Å². The Morgan fingerprint density at radius 1 is 1.15 bits per heavy atom. The Kier molecular flexibility index (Phi) is 5.09. The molecule has 5 heteroatoms. The molecule has 0 saturated heterocycles. The van der Waals surface area contributed by atoms with Crippen LogP contribution in [0, 0.1) is 11.6 Å². The fourth-order valence-electron chi connectivity index (χ4n) is 1.89. The molecule has 2 nitrogen and oxygen atoms in total.